The fourth-order valence-corrected chi connectivity index (χ4v) is 6.64. The molecular formula is C26H41N3O7. The summed E-state index contributed by atoms with van der Waals surface area (Å²) in [6.45, 7) is 12.6. The summed E-state index contributed by atoms with van der Waals surface area (Å²) in [4.78, 5) is 46.8. The van der Waals surface area contributed by atoms with Crippen molar-refractivity contribution >= 4 is 17.8 Å². The van der Waals surface area contributed by atoms with Crippen molar-refractivity contribution in [3.05, 3.63) is 12.7 Å². The average Bonchev–Trinajstić information content (AvgIpc) is 3.43. The highest BCUT2D eigenvalue weighted by atomic mass is 16.6. The first-order valence-corrected chi connectivity index (χ1v) is 13.3. The maximum Gasteiger partial charge on any atom is 0.312 e. The van der Waals surface area contributed by atoms with Gasteiger partial charge >= 0.3 is 5.97 Å². The summed E-state index contributed by atoms with van der Waals surface area (Å²) < 4.78 is 17.4. The average molecular weight is 508 g/mol. The number of carbonyl (C=O) groups excluding carboxylic acids is 3. The first kappa shape index (κ1) is 27.0. The van der Waals surface area contributed by atoms with Crippen LogP contribution in [0.5, 0.6) is 0 Å². The number of rotatable bonds is 12. The van der Waals surface area contributed by atoms with Crippen LogP contribution in [-0.4, -0.2) is 121 Å². The topological polar surface area (TPSA) is 109 Å². The number of hydrogen-bond acceptors (Lipinski definition) is 8. The monoisotopic (exact) mass is 507 g/mol. The molecule has 0 radical (unpaired) electrons. The maximum absolute atomic E-state index is 14.2. The first-order valence-electron chi connectivity index (χ1n) is 13.3. The number of morpholine rings is 1. The van der Waals surface area contributed by atoms with Crippen molar-refractivity contribution in [1.82, 2.24) is 14.7 Å². The van der Waals surface area contributed by atoms with Gasteiger partial charge in [-0.25, -0.2) is 0 Å². The van der Waals surface area contributed by atoms with E-state index in [2.05, 4.69) is 11.5 Å². The van der Waals surface area contributed by atoms with Crippen LogP contribution in [0.15, 0.2) is 12.7 Å². The van der Waals surface area contributed by atoms with E-state index < -0.39 is 35.0 Å². The Morgan fingerprint density at radius 3 is 2.67 bits per heavy atom. The van der Waals surface area contributed by atoms with Gasteiger partial charge in [-0.15, -0.1) is 6.58 Å². The van der Waals surface area contributed by atoms with E-state index in [-0.39, 0.29) is 25.0 Å². The zero-order chi connectivity index (χ0) is 25.9. The van der Waals surface area contributed by atoms with Crippen LogP contribution in [-0.2, 0) is 28.6 Å². The molecule has 4 saturated heterocycles. The molecule has 5 atom stereocenters. The van der Waals surface area contributed by atoms with Crippen LogP contribution < -0.4 is 0 Å². The molecule has 0 saturated carbocycles. The lowest BCUT2D eigenvalue weighted by molar-refractivity contribution is -0.160. The number of unbranched alkanes of at least 4 members (excludes halogenated alkanes) is 1. The normalized spacial score (nSPS) is 33.6. The molecule has 2 bridgehead atoms. The minimum Gasteiger partial charge on any atom is -0.466 e. The smallest absolute Gasteiger partial charge is 0.312 e. The Hall–Kier alpha value is -2.01. The van der Waals surface area contributed by atoms with Crippen LogP contribution >= 0.6 is 0 Å². The maximum atomic E-state index is 14.2. The number of amides is 2. The highest BCUT2D eigenvalue weighted by molar-refractivity contribution is 5.98. The third-order valence-electron chi connectivity index (χ3n) is 8.31. The van der Waals surface area contributed by atoms with Crippen molar-refractivity contribution in [2.75, 3.05) is 65.7 Å². The van der Waals surface area contributed by atoms with E-state index >= 15 is 0 Å². The Balaban J connectivity index is 1.63. The molecule has 10 heteroatoms. The number of fused-ring (bicyclic) bond motifs is 1. The van der Waals surface area contributed by atoms with Crippen molar-refractivity contribution < 1.29 is 33.7 Å². The quantitative estimate of drug-likeness (QED) is 0.230. The summed E-state index contributed by atoms with van der Waals surface area (Å²) in [6, 6.07) is -0.820. The molecule has 36 heavy (non-hydrogen) atoms. The van der Waals surface area contributed by atoms with Crippen molar-refractivity contribution in [2.24, 2.45) is 11.8 Å². The number of hydrogen-bond donors (Lipinski definition) is 1. The largest absolute Gasteiger partial charge is 0.466 e. The predicted octanol–water partition coefficient (Wildman–Crippen LogP) is 0.434. The zero-order valence-electron chi connectivity index (χ0n) is 21.7. The van der Waals surface area contributed by atoms with Gasteiger partial charge in [-0.1, -0.05) is 6.08 Å². The number of aliphatic hydroxyl groups is 1. The molecule has 4 fully saturated rings. The molecular weight excluding hydrogens is 466 g/mol. The summed E-state index contributed by atoms with van der Waals surface area (Å²) in [5.41, 5.74) is -1.89. The fourth-order valence-electron chi connectivity index (χ4n) is 6.64. The van der Waals surface area contributed by atoms with Crippen molar-refractivity contribution in [3.8, 4) is 0 Å². The van der Waals surface area contributed by atoms with Crippen LogP contribution in [0, 0.1) is 11.8 Å². The van der Waals surface area contributed by atoms with Gasteiger partial charge in [0.15, 0.2) is 0 Å². The summed E-state index contributed by atoms with van der Waals surface area (Å²) in [7, 11) is 0. The fraction of sp³-hybridized carbons (Fsp3) is 0.808. The zero-order valence-corrected chi connectivity index (χ0v) is 21.7. The molecule has 202 valence electrons. The number of esters is 1. The molecule has 4 aliphatic heterocycles. The second-order valence-corrected chi connectivity index (χ2v) is 10.5. The highest BCUT2D eigenvalue weighted by Gasteiger charge is 2.78. The lowest BCUT2D eigenvalue weighted by Gasteiger charge is -2.37. The Labute approximate surface area is 213 Å². The second kappa shape index (κ2) is 11.2. The third kappa shape index (κ3) is 4.68. The molecule has 4 rings (SSSR count). The molecule has 4 heterocycles. The van der Waals surface area contributed by atoms with Crippen LogP contribution in [0.1, 0.15) is 39.5 Å². The molecule has 1 spiro atoms. The van der Waals surface area contributed by atoms with E-state index in [0.717, 1.165) is 13.1 Å². The minimum atomic E-state index is -1.06. The Kier molecular flexibility index (Phi) is 8.38. The van der Waals surface area contributed by atoms with E-state index in [4.69, 9.17) is 14.2 Å². The van der Waals surface area contributed by atoms with Gasteiger partial charge in [-0.05, 0) is 39.5 Å². The van der Waals surface area contributed by atoms with Gasteiger partial charge in [0.2, 0.25) is 11.8 Å². The molecule has 0 aliphatic carbocycles. The van der Waals surface area contributed by atoms with Crippen LogP contribution in [0.2, 0.25) is 0 Å². The molecule has 4 aliphatic rings. The first-order chi connectivity index (χ1) is 17.3. The Morgan fingerprint density at radius 1 is 1.25 bits per heavy atom. The van der Waals surface area contributed by atoms with Crippen molar-refractivity contribution in [3.63, 3.8) is 0 Å². The summed E-state index contributed by atoms with van der Waals surface area (Å²) in [5.74, 6) is -2.31. The summed E-state index contributed by atoms with van der Waals surface area (Å²) >= 11 is 0. The highest BCUT2D eigenvalue weighted by Crippen LogP contribution is 2.63. The molecule has 0 aromatic rings. The van der Waals surface area contributed by atoms with Crippen molar-refractivity contribution in [2.45, 2.75) is 56.8 Å². The molecule has 2 amide bonds. The minimum absolute atomic E-state index is 0.0113. The van der Waals surface area contributed by atoms with Crippen molar-refractivity contribution in [1.29, 1.82) is 0 Å². The number of carbonyl (C=O) groups is 3. The van der Waals surface area contributed by atoms with Gasteiger partial charge in [0.25, 0.3) is 0 Å². The summed E-state index contributed by atoms with van der Waals surface area (Å²) in [5, 5.41) is 9.32. The second-order valence-electron chi connectivity index (χ2n) is 10.5. The Bertz CT molecular complexity index is 847. The van der Waals surface area contributed by atoms with Crippen LogP contribution in [0.3, 0.4) is 0 Å². The van der Waals surface area contributed by atoms with E-state index in [1.54, 1.807) is 22.8 Å². The molecule has 1 N–H and O–H groups in total. The van der Waals surface area contributed by atoms with E-state index in [1.165, 1.54) is 0 Å². The lowest BCUT2D eigenvalue weighted by atomic mass is 9.66. The SMILES string of the molecule is C=CCN(CCN1CCOCC1)C(=O)C1N(CCCCO)C(=O)[C@@H]2[C@@H](C(=O)OCC)[C@@]3(C)CCC12O3. The lowest BCUT2D eigenvalue weighted by Crippen LogP contribution is -2.57. The third-order valence-corrected chi connectivity index (χ3v) is 8.31. The van der Waals surface area contributed by atoms with E-state index in [9.17, 15) is 19.5 Å². The summed E-state index contributed by atoms with van der Waals surface area (Å²) in [6.07, 6.45) is 3.91. The molecule has 0 aromatic carbocycles. The number of aliphatic hydroxyl groups excluding tert-OH is 1. The van der Waals surface area contributed by atoms with Gasteiger partial charge in [0.05, 0.1) is 31.3 Å². The predicted molar refractivity (Wildman–Crippen MR) is 131 cm³/mol. The van der Waals surface area contributed by atoms with Gasteiger partial charge in [-0.2, -0.15) is 0 Å². The van der Waals surface area contributed by atoms with E-state index in [0.29, 0.717) is 65.1 Å². The number of ether oxygens (including phenoxy) is 3. The van der Waals surface area contributed by atoms with Gasteiger partial charge in [-0.3, -0.25) is 19.3 Å². The standard InChI is InChI=1S/C26H41N3O7/c1-4-10-28(13-12-27-14-17-34-18-15-27)23(32)21-26-9-8-25(3,36-26)20(24(33)35-5-2)19(26)22(31)29(21)11-6-7-16-30/h4,19-21,30H,1,5-18H2,2-3H3/t19-,20-,21?,25+,26?/m0/s1. The van der Waals surface area contributed by atoms with Gasteiger partial charge < -0.3 is 29.1 Å². The van der Waals surface area contributed by atoms with Crippen LogP contribution in [0.25, 0.3) is 0 Å². The molecule has 0 aromatic heterocycles. The Morgan fingerprint density at radius 2 is 2.00 bits per heavy atom. The molecule has 2 unspecified atom stereocenters. The van der Waals surface area contributed by atoms with Gasteiger partial charge in [0, 0.05) is 45.9 Å². The van der Waals surface area contributed by atoms with Crippen LogP contribution in [0.4, 0.5) is 0 Å². The number of likely N-dealkylation sites (tertiary alicyclic amines) is 1. The molecule has 10 nitrogen and oxygen atoms in total. The van der Waals surface area contributed by atoms with E-state index in [1.807, 2.05) is 6.92 Å². The number of nitrogens with zero attached hydrogens (tertiary/aromatic N) is 3. The van der Waals surface area contributed by atoms with Gasteiger partial charge in [0.1, 0.15) is 17.6 Å².